The summed E-state index contributed by atoms with van der Waals surface area (Å²) in [6, 6.07) is 26.2. The minimum absolute atomic E-state index is 0.0926. The van der Waals surface area contributed by atoms with E-state index in [0.29, 0.717) is 25.6 Å². The fourth-order valence-electron chi connectivity index (χ4n) is 4.15. The molecule has 3 aromatic carbocycles. The van der Waals surface area contributed by atoms with E-state index in [4.69, 9.17) is 9.47 Å². The van der Waals surface area contributed by atoms with Gasteiger partial charge in [0.05, 0.1) is 13.2 Å². The summed E-state index contributed by atoms with van der Waals surface area (Å²) in [4.78, 5) is 17.5. The number of urea groups is 1. The van der Waals surface area contributed by atoms with E-state index < -0.39 is 0 Å². The monoisotopic (exact) mass is 487 g/mol. The first-order valence-electron chi connectivity index (χ1n) is 12.8. The van der Waals surface area contributed by atoms with Crippen molar-refractivity contribution in [1.82, 2.24) is 9.80 Å². The van der Waals surface area contributed by atoms with Gasteiger partial charge in [-0.3, -0.25) is 4.90 Å². The molecule has 36 heavy (non-hydrogen) atoms. The largest absolute Gasteiger partial charge is 0.489 e. The molecule has 1 aliphatic heterocycles. The van der Waals surface area contributed by atoms with Crippen LogP contribution in [0.25, 0.3) is 0 Å². The standard InChI is InChI=1S/C30H37N3O3/c1-24(2)27-10-12-28(13-11-27)31-30(34)33(17-16-32-18-20-35-21-19-32)22-25-8-14-29(15-9-25)36-23-26-6-4-3-5-7-26/h3-15,24H,16-23H2,1-2H3,(H,31,34). The number of hydrogen-bond acceptors (Lipinski definition) is 4. The van der Waals surface area contributed by atoms with E-state index in [9.17, 15) is 4.79 Å². The van der Waals surface area contributed by atoms with Crippen LogP contribution in [0, 0.1) is 0 Å². The van der Waals surface area contributed by atoms with Gasteiger partial charge in [-0.2, -0.15) is 0 Å². The average Bonchev–Trinajstić information content (AvgIpc) is 2.92. The number of carbonyl (C=O) groups is 1. The van der Waals surface area contributed by atoms with Gasteiger partial charge in [-0.25, -0.2) is 4.79 Å². The van der Waals surface area contributed by atoms with Gasteiger partial charge < -0.3 is 19.7 Å². The van der Waals surface area contributed by atoms with E-state index in [1.807, 2.05) is 59.5 Å². The highest BCUT2D eigenvalue weighted by atomic mass is 16.5. The zero-order valence-corrected chi connectivity index (χ0v) is 21.4. The normalized spacial score (nSPS) is 14.0. The maximum atomic E-state index is 13.3. The first kappa shape index (κ1) is 25.7. The van der Waals surface area contributed by atoms with Crippen LogP contribution in [0.3, 0.4) is 0 Å². The molecule has 1 fully saturated rings. The zero-order valence-electron chi connectivity index (χ0n) is 21.4. The third kappa shape index (κ3) is 7.83. The Balaban J connectivity index is 1.38. The Labute approximate surface area is 214 Å². The van der Waals surface area contributed by atoms with Gasteiger partial charge in [0.15, 0.2) is 0 Å². The van der Waals surface area contributed by atoms with Gasteiger partial charge in [-0.05, 0) is 46.9 Å². The van der Waals surface area contributed by atoms with Crippen LogP contribution in [0.2, 0.25) is 0 Å². The molecule has 0 spiro atoms. The van der Waals surface area contributed by atoms with Gasteiger partial charge in [0.1, 0.15) is 12.4 Å². The Bertz CT molecular complexity index is 1060. The second-order valence-electron chi connectivity index (χ2n) is 9.50. The van der Waals surface area contributed by atoms with E-state index in [2.05, 4.69) is 48.3 Å². The van der Waals surface area contributed by atoms with Crippen molar-refractivity contribution in [3.63, 3.8) is 0 Å². The van der Waals surface area contributed by atoms with E-state index in [1.54, 1.807) is 0 Å². The molecule has 0 atom stereocenters. The number of nitrogens with one attached hydrogen (secondary N) is 1. The number of morpholine rings is 1. The smallest absolute Gasteiger partial charge is 0.322 e. The summed E-state index contributed by atoms with van der Waals surface area (Å²) in [6.45, 7) is 10.2. The molecule has 0 saturated carbocycles. The van der Waals surface area contributed by atoms with Crippen molar-refractivity contribution in [2.75, 3.05) is 44.7 Å². The molecule has 6 heteroatoms. The topological polar surface area (TPSA) is 54.0 Å². The summed E-state index contributed by atoms with van der Waals surface area (Å²) >= 11 is 0. The van der Waals surface area contributed by atoms with Crippen LogP contribution in [-0.2, 0) is 17.9 Å². The summed E-state index contributed by atoms with van der Waals surface area (Å²) in [7, 11) is 0. The van der Waals surface area contributed by atoms with Crippen molar-refractivity contribution in [2.24, 2.45) is 0 Å². The van der Waals surface area contributed by atoms with Gasteiger partial charge in [0.2, 0.25) is 0 Å². The molecule has 1 saturated heterocycles. The van der Waals surface area contributed by atoms with Crippen LogP contribution in [0.15, 0.2) is 78.9 Å². The Morgan fingerprint density at radius 2 is 1.64 bits per heavy atom. The molecule has 0 aromatic heterocycles. The van der Waals surface area contributed by atoms with E-state index in [-0.39, 0.29) is 6.03 Å². The molecule has 4 rings (SSSR count). The molecule has 0 bridgehead atoms. The maximum absolute atomic E-state index is 13.3. The number of nitrogens with zero attached hydrogens (tertiary/aromatic N) is 2. The lowest BCUT2D eigenvalue weighted by Crippen LogP contribution is -2.44. The fraction of sp³-hybridized carbons (Fsp3) is 0.367. The zero-order chi connectivity index (χ0) is 25.2. The third-order valence-corrected chi connectivity index (χ3v) is 6.45. The van der Waals surface area contributed by atoms with Crippen LogP contribution in [-0.4, -0.2) is 55.2 Å². The van der Waals surface area contributed by atoms with Crippen molar-refractivity contribution in [3.8, 4) is 5.75 Å². The van der Waals surface area contributed by atoms with Crippen LogP contribution in [0.1, 0.15) is 36.5 Å². The highest BCUT2D eigenvalue weighted by Crippen LogP contribution is 2.19. The molecule has 2 amide bonds. The quantitative estimate of drug-likeness (QED) is 0.395. The summed E-state index contributed by atoms with van der Waals surface area (Å²) in [5.41, 5.74) is 4.26. The van der Waals surface area contributed by atoms with Crippen molar-refractivity contribution in [1.29, 1.82) is 0 Å². The van der Waals surface area contributed by atoms with Crippen LogP contribution < -0.4 is 10.1 Å². The molecule has 1 aliphatic rings. The molecule has 0 unspecified atom stereocenters. The number of carbonyl (C=O) groups excluding carboxylic acids is 1. The van der Waals surface area contributed by atoms with Crippen LogP contribution >= 0.6 is 0 Å². The predicted octanol–water partition coefficient (Wildman–Crippen LogP) is 5.76. The lowest BCUT2D eigenvalue weighted by Gasteiger charge is -2.30. The second-order valence-corrected chi connectivity index (χ2v) is 9.50. The molecule has 1 heterocycles. The first-order chi connectivity index (χ1) is 17.6. The van der Waals surface area contributed by atoms with Crippen molar-refractivity contribution >= 4 is 11.7 Å². The van der Waals surface area contributed by atoms with Gasteiger partial charge >= 0.3 is 6.03 Å². The first-order valence-corrected chi connectivity index (χ1v) is 12.8. The summed E-state index contributed by atoms with van der Waals surface area (Å²) in [5.74, 6) is 1.27. The van der Waals surface area contributed by atoms with Crippen molar-refractivity contribution < 1.29 is 14.3 Å². The number of benzene rings is 3. The summed E-state index contributed by atoms with van der Waals surface area (Å²) in [5, 5.41) is 3.09. The molecule has 0 radical (unpaired) electrons. The molecule has 1 N–H and O–H groups in total. The minimum Gasteiger partial charge on any atom is -0.489 e. The van der Waals surface area contributed by atoms with E-state index in [0.717, 1.165) is 55.4 Å². The fourth-order valence-corrected chi connectivity index (χ4v) is 4.15. The highest BCUT2D eigenvalue weighted by molar-refractivity contribution is 5.89. The SMILES string of the molecule is CC(C)c1ccc(NC(=O)N(CCN2CCOCC2)Cc2ccc(OCc3ccccc3)cc2)cc1. The van der Waals surface area contributed by atoms with Crippen LogP contribution in [0.4, 0.5) is 10.5 Å². The van der Waals surface area contributed by atoms with Gasteiger partial charge in [-0.15, -0.1) is 0 Å². The lowest BCUT2D eigenvalue weighted by molar-refractivity contribution is 0.0349. The number of hydrogen-bond donors (Lipinski definition) is 1. The number of ether oxygens (including phenoxy) is 2. The maximum Gasteiger partial charge on any atom is 0.322 e. The number of anilines is 1. The lowest BCUT2D eigenvalue weighted by atomic mass is 10.0. The molecule has 6 nitrogen and oxygen atoms in total. The van der Waals surface area contributed by atoms with Crippen molar-refractivity contribution in [3.05, 3.63) is 95.6 Å². The second kappa shape index (κ2) is 13.1. The Hall–Kier alpha value is -3.35. The molecular weight excluding hydrogens is 450 g/mol. The van der Waals surface area contributed by atoms with Gasteiger partial charge in [-0.1, -0.05) is 68.4 Å². The molecule has 3 aromatic rings. The summed E-state index contributed by atoms with van der Waals surface area (Å²) in [6.07, 6.45) is 0. The highest BCUT2D eigenvalue weighted by Gasteiger charge is 2.18. The minimum atomic E-state index is -0.0926. The van der Waals surface area contributed by atoms with Gasteiger partial charge in [0.25, 0.3) is 0 Å². The number of amides is 2. The average molecular weight is 488 g/mol. The Morgan fingerprint density at radius 3 is 2.31 bits per heavy atom. The van der Waals surface area contributed by atoms with Crippen molar-refractivity contribution in [2.45, 2.75) is 32.9 Å². The van der Waals surface area contributed by atoms with Gasteiger partial charge in [0, 0.05) is 38.4 Å². The third-order valence-electron chi connectivity index (χ3n) is 6.45. The van der Waals surface area contributed by atoms with Crippen LogP contribution in [0.5, 0.6) is 5.75 Å². The van der Waals surface area contributed by atoms with E-state index in [1.165, 1.54) is 5.56 Å². The number of rotatable bonds is 10. The molecule has 0 aliphatic carbocycles. The molecular formula is C30H37N3O3. The summed E-state index contributed by atoms with van der Waals surface area (Å²) < 4.78 is 11.4. The molecule has 190 valence electrons. The predicted molar refractivity (Wildman–Crippen MR) is 144 cm³/mol. The Kier molecular flexibility index (Phi) is 9.36. The van der Waals surface area contributed by atoms with E-state index >= 15 is 0 Å². The Morgan fingerprint density at radius 1 is 0.944 bits per heavy atom.